The summed E-state index contributed by atoms with van der Waals surface area (Å²) in [6, 6.07) is 2.02. The second-order valence-electron chi connectivity index (χ2n) is 5.50. The predicted octanol–water partition coefficient (Wildman–Crippen LogP) is 4.26. The number of hydrogen-bond acceptors (Lipinski definition) is 2. The molecule has 0 saturated heterocycles. The molecule has 1 aromatic heterocycles. The summed E-state index contributed by atoms with van der Waals surface area (Å²) in [6.45, 7) is 7.92. The fourth-order valence-corrected chi connectivity index (χ4v) is 2.87. The Kier molecular flexibility index (Phi) is 5.41. The summed E-state index contributed by atoms with van der Waals surface area (Å²) in [6.07, 6.45) is 9.87. The van der Waals surface area contributed by atoms with Crippen LogP contribution in [0.4, 0.5) is 0 Å². The molecule has 0 spiro atoms. The molecule has 0 amide bonds. The van der Waals surface area contributed by atoms with Crippen molar-refractivity contribution in [2.45, 2.75) is 33.1 Å². The van der Waals surface area contributed by atoms with Gasteiger partial charge < -0.3 is 0 Å². The van der Waals surface area contributed by atoms with Gasteiger partial charge in [-0.05, 0) is 36.1 Å². The van der Waals surface area contributed by atoms with E-state index in [-0.39, 0.29) is 0 Å². The number of hydrogen-bond donors (Lipinski definition) is 0. The first-order chi connectivity index (χ1) is 9.19. The lowest BCUT2D eigenvalue weighted by atomic mass is 9.97. The first-order valence-corrected chi connectivity index (χ1v) is 7.60. The van der Waals surface area contributed by atoms with E-state index in [2.05, 4.69) is 29.8 Å². The van der Waals surface area contributed by atoms with Crippen LogP contribution in [0.3, 0.4) is 0 Å². The highest BCUT2D eigenvalue weighted by Crippen LogP contribution is 2.25. The fourth-order valence-electron chi connectivity index (χ4n) is 2.69. The largest absolute Gasteiger partial charge is 0.298 e. The third-order valence-corrected chi connectivity index (χ3v) is 3.79. The highest BCUT2D eigenvalue weighted by molar-refractivity contribution is 6.30. The lowest BCUT2D eigenvalue weighted by molar-refractivity contribution is 0.266. The van der Waals surface area contributed by atoms with E-state index in [1.807, 2.05) is 12.3 Å². The maximum absolute atomic E-state index is 6.04. The topological polar surface area (TPSA) is 16.1 Å². The van der Waals surface area contributed by atoms with Crippen LogP contribution in [0.25, 0.3) is 5.57 Å². The predicted molar refractivity (Wildman–Crippen MR) is 82.4 cm³/mol. The van der Waals surface area contributed by atoms with E-state index in [1.165, 1.54) is 43.5 Å². The summed E-state index contributed by atoms with van der Waals surface area (Å²) >= 11 is 6.04. The summed E-state index contributed by atoms with van der Waals surface area (Å²) in [5.41, 5.74) is 2.53. The Morgan fingerprint density at radius 3 is 2.95 bits per heavy atom. The van der Waals surface area contributed by atoms with Gasteiger partial charge in [-0.15, -0.1) is 0 Å². The number of unbranched alkanes of at least 4 members (excludes halogenated alkanes) is 2. The van der Waals surface area contributed by atoms with Crippen molar-refractivity contribution in [3.63, 3.8) is 0 Å². The monoisotopic (exact) mass is 278 g/mol. The molecule has 2 heterocycles. The molecule has 2 rings (SSSR count). The lowest BCUT2D eigenvalue weighted by Gasteiger charge is -2.31. The van der Waals surface area contributed by atoms with Crippen molar-refractivity contribution >= 4 is 17.2 Å². The minimum Gasteiger partial charge on any atom is -0.298 e. The van der Waals surface area contributed by atoms with E-state index >= 15 is 0 Å². The lowest BCUT2D eigenvalue weighted by Crippen LogP contribution is -2.34. The molecule has 1 aliphatic heterocycles. The zero-order valence-electron chi connectivity index (χ0n) is 11.9. The van der Waals surface area contributed by atoms with Gasteiger partial charge in [-0.2, -0.15) is 0 Å². The summed E-state index contributed by atoms with van der Waals surface area (Å²) < 4.78 is 0. The van der Waals surface area contributed by atoms with Gasteiger partial charge in [0.25, 0.3) is 0 Å². The van der Waals surface area contributed by atoms with E-state index in [9.17, 15) is 0 Å². The molecule has 0 aromatic carbocycles. The van der Waals surface area contributed by atoms with Crippen LogP contribution < -0.4 is 0 Å². The van der Waals surface area contributed by atoms with Crippen LogP contribution in [-0.4, -0.2) is 29.5 Å². The van der Waals surface area contributed by atoms with Gasteiger partial charge in [0.1, 0.15) is 0 Å². The molecule has 0 N–H and O–H groups in total. The number of aromatic nitrogens is 1. The van der Waals surface area contributed by atoms with Crippen molar-refractivity contribution in [1.29, 1.82) is 0 Å². The average Bonchev–Trinajstić information content (AvgIpc) is 2.38. The number of halogens is 1. The van der Waals surface area contributed by atoms with Crippen LogP contribution in [0.2, 0.25) is 5.02 Å². The molecule has 0 bridgehead atoms. The van der Waals surface area contributed by atoms with Crippen molar-refractivity contribution in [1.82, 2.24) is 9.88 Å². The highest BCUT2D eigenvalue weighted by Gasteiger charge is 2.18. The van der Waals surface area contributed by atoms with Gasteiger partial charge in [-0.1, -0.05) is 44.4 Å². The zero-order chi connectivity index (χ0) is 13.7. The van der Waals surface area contributed by atoms with Crippen LogP contribution in [0.1, 0.15) is 38.7 Å². The van der Waals surface area contributed by atoms with Crippen LogP contribution in [0.5, 0.6) is 0 Å². The minimum absolute atomic E-state index is 0.601. The number of nitrogens with zero attached hydrogens (tertiary/aromatic N) is 2. The zero-order valence-corrected chi connectivity index (χ0v) is 12.7. The maximum atomic E-state index is 6.04. The van der Waals surface area contributed by atoms with Crippen molar-refractivity contribution in [3.05, 3.63) is 35.1 Å². The van der Waals surface area contributed by atoms with Crippen molar-refractivity contribution in [2.75, 3.05) is 19.6 Å². The third-order valence-electron chi connectivity index (χ3n) is 3.58. The molecule has 0 radical (unpaired) electrons. The Bertz CT molecular complexity index is 442. The molecule has 0 unspecified atom stereocenters. The Labute approximate surface area is 121 Å². The molecular formula is C16H23ClN2. The van der Waals surface area contributed by atoms with Crippen LogP contribution >= 0.6 is 11.6 Å². The Morgan fingerprint density at radius 1 is 1.37 bits per heavy atom. The molecule has 2 nitrogen and oxygen atoms in total. The minimum atomic E-state index is 0.601. The quantitative estimate of drug-likeness (QED) is 0.748. The van der Waals surface area contributed by atoms with Crippen LogP contribution in [-0.2, 0) is 0 Å². The molecule has 0 saturated carbocycles. The van der Waals surface area contributed by atoms with Gasteiger partial charge >= 0.3 is 0 Å². The van der Waals surface area contributed by atoms with Crippen LogP contribution in [0, 0.1) is 5.92 Å². The van der Waals surface area contributed by atoms with E-state index in [0.717, 1.165) is 6.54 Å². The van der Waals surface area contributed by atoms with Gasteiger partial charge in [-0.3, -0.25) is 9.88 Å². The smallest absolute Gasteiger partial charge is 0.0595 e. The molecule has 0 aliphatic carbocycles. The molecule has 104 valence electrons. The van der Waals surface area contributed by atoms with E-state index in [4.69, 9.17) is 11.6 Å². The molecule has 1 atom stereocenters. The maximum Gasteiger partial charge on any atom is 0.0595 e. The van der Waals surface area contributed by atoms with Crippen molar-refractivity contribution in [2.24, 2.45) is 5.92 Å². The average molecular weight is 279 g/mol. The van der Waals surface area contributed by atoms with Crippen LogP contribution in [0.15, 0.2) is 24.5 Å². The highest BCUT2D eigenvalue weighted by atomic mass is 35.5. The Balaban J connectivity index is 2.04. The van der Waals surface area contributed by atoms with Gasteiger partial charge in [0.2, 0.25) is 0 Å². The Morgan fingerprint density at radius 2 is 2.21 bits per heavy atom. The standard InChI is InChI=1S/C16H23ClN2/c1-3-4-5-6-19-11-13(2)7-15(12-19)14-8-16(17)10-18-9-14/h7-10,13H,3-6,11-12H2,1-2H3/t13-/m0/s1. The normalized spacial score (nSPS) is 20.4. The van der Waals surface area contributed by atoms with Crippen molar-refractivity contribution in [3.8, 4) is 0 Å². The molecule has 0 fully saturated rings. The van der Waals surface area contributed by atoms with Crippen molar-refractivity contribution < 1.29 is 0 Å². The molecular weight excluding hydrogens is 256 g/mol. The van der Waals surface area contributed by atoms with Gasteiger partial charge in [-0.25, -0.2) is 0 Å². The SMILES string of the molecule is CCCCCN1CC(c2cncc(Cl)c2)=C[C@H](C)C1. The fraction of sp³-hybridized carbons (Fsp3) is 0.562. The van der Waals surface area contributed by atoms with E-state index in [0.29, 0.717) is 10.9 Å². The Hall–Kier alpha value is -0.860. The van der Waals surface area contributed by atoms with Gasteiger partial charge in [0.15, 0.2) is 0 Å². The summed E-state index contributed by atoms with van der Waals surface area (Å²) in [4.78, 5) is 6.75. The van der Waals surface area contributed by atoms with Gasteiger partial charge in [0, 0.05) is 25.5 Å². The summed E-state index contributed by atoms with van der Waals surface area (Å²) in [5, 5.41) is 0.717. The first kappa shape index (κ1) is 14.5. The molecule has 1 aliphatic rings. The summed E-state index contributed by atoms with van der Waals surface area (Å²) in [7, 11) is 0. The van der Waals surface area contributed by atoms with E-state index in [1.54, 1.807) is 6.20 Å². The van der Waals surface area contributed by atoms with Gasteiger partial charge in [0.05, 0.1) is 5.02 Å². The second-order valence-corrected chi connectivity index (χ2v) is 5.94. The summed E-state index contributed by atoms with van der Waals surface area (Å²) in [5.74, 6) is 0.601. The van der Waals surface area contributed by atoms with E-state index < -0.39 is 0 Å². The second kappa shape index (κ2) is 7.06. The number of pyridine rings is 1. The molecule has 19 heavy (non-hydrogen) atoms. The number of rotatable bonds is 5. The molecule has 3 heteroatoms. The first-order valence-electron chi connectivity index (χ1n) is 7.23. The molecule has 1 aromatic rings. The third kappa shape index (κ3) is 4.32.